The van der Waals surface area contributed by atoms with Crippen LogP contribution in [0.25, 0.3) is 0 Å². The van der Waals surface area contributed by atoms with Gasteiger partial charge in [-0.15, -0.1) is 0 Å². The van der Waals surface area contributed by atoms with Crippen molar-refractivity contribution < 1.29 is 13.6 Å². The summed E-state index contributed by atoms with van der Waals surface area (Å²) in [4.78, 5) is 12.2. The monoisotopic (exact) mass is 250 g/mol. The molecular weight excluding hydrogens is 238 g/mol. The molecule has 2 rings (SSSR count). The molecule has 0 aliphatic heterocycles. The number of nitriles is 1. The molecule has 0 saturated carbocycles. The van der Waals surface area contributed by atoms with E-state index in [9.17, 15) is 13.6 Å². The van der Waals surface area contributed by atoms with Crippen LogP contribution < -0.4 is 0 Å². The molecule has 1 aliphatic rings. The third-order valence-corrected chi connectivity index (χ3v) is 3.29. The Morgan fingerprint density at radius 2 is 2.28 bits per heavy atom. The first kappa shape index (κ1) is 12.5. The molecular formula is C13H12F2N2O. The van der Waals surface area contributed by atoms with E-state index in [1.165, 1.54) is 11.0 Å². The highest BCUT2D eigenvalue weighted by molar-refractivity contribution is 5.49. The lowest BCUT2D eigenvalue weighted by atomic mass is 9.87. The third-order valence-electron chi connectivity index (χ3n) is 3.29. The number of carbonyl (C=O) groups excluding carboxylic acids is 1. The van der Waals surface area contributed by atoms with Crippen LogP contribution in [0, 0.1) is 23.0 Å². The van der Waals surface area contributed by atoms with Gasteiger partial charge in [0.1, 0.15) is 18.2 Å². The number of hydrogen-bond acceptors (Lipinski definition) is 2. The summed E-state index contributed by atoms with van der Waals surface area (Å²) in [6, 6.07) is 3.94. The zero-order chi connectivity index (χ0) is 13.1. The fourth-order valence-corrected chi connectivity index (χ4v) is 2.40. The number of carbonyl (C=O) groups is 1. The molecule has 0 saturated heterocycles. The van der Waals surface area contributed by atoms with Crippen molar-refractivity contribution in [3.8, 4) is 6.07 Å². The molecule has 1 unspecified atom stereocenters. The van der Waals surface area contributed by atoms with Gasteiger partial charge in [-0.25, -0.2) is 8.78 Å². The number of nitrogens with zero attached hydrogens (tertiary/aromatic N) is 2. The van der Waals surface area contributed by atoms with Crippen LogP contribution in [0.2, 0.25) is 0 Å². The van der Waals surface area contributed by atoms with Crippen molar-refractivity contribution in [1.29, 1.82) is 5.26 Å². The first-order chi connectivity index (χ1) is 8.65. The van der Waals surface area contributed by atoms with Crippen molar-refractivity contribution in [1.82, 2.24) is 4.90 Å². The maximum atomic E-state index is 13.5. The molecule has 0 N–H and O–H groups in total. The largest absolute Gasteiger partial charge is 0.329 e. The Balaban J connectivity index is 2.24. The summed E-state index contributed by atoms with van der Waals surface area (Å²) < 4.78 is 26.7. The molecule has 0 spiro atoms. The summed E-state index contributed by atoms with van der Waals surface area (Å²) in [5, 5.41) is 8.61. The molecule has 0 heterocycles. The second-order valence-electron chi connectivity index (χ2n) is 4.36. The van der Waals surface area contributed by atoms with E-state index in [-0.39, 0.29) is 12.6 Å². The number of halogens is 2. The van der Waals surface area contributed by atoms with Crippen LogP contribution in [-0.2, 0) is 17.6 Å². The Hall–Kier alpha value is -1.96. The van der Waals surface area contributed by atoms with Gasteiger partial charge in [0.05, 0.1) is 6.07 Å². The van der Waals surface area contributed by atoms with Gasteiger partial charge in [0, 0.05) is 12.1 Å². The van der Waals surface area contributed by atoms with Gasteiger partial charge in [-0.3, -0.25) is 4.79 Å². The Labute approximate surface area is 104 Å². The summed E-state index contributed by atoms with van der Waals surface area (Å²) in [7, 11) is 0. The van der Waals surface area contributed by atoms with E-state index in [1.54, 1.807) is 0 Å². The van der Waals surface area contributed by atoms with E-state index < -0.39 is 11.6 Å². The van der Waals surface area contributed by atoms with Gasteiger partial charge in [-0.1, -0.05) is 0 Å². The van der Waals surface area contributed by atoms with E-state index in [1.807, 2.05) is 6.07 Å². The highest BCUT2D eigenvalue weighted by atomic mass is 19.1. The molecule has 0 bridgehead atoms. The fourth-order valence-electron chi connectivity index (χ4n) is 2.40. The Morgan fingerprint density at radius 1 is 1.50 bits per heavy atom. The van der Waals surface area contributed by atoms with Crippen LogP contribution in [-0.4, -0.2) is 23.9 Å². The van der Waals surface area contributed by atoms with Crippen LogP contribution in [0.15, 0.2) is 12.1 Å². The Bertz CT molecular complexity index is 510. The lowest BCUT2D eigenvalue weighted by Gasteiger charge is -2.31. The van der Waals surface area contributed by atoms with E-state index in [0.29, 0.717) is 36.8 Å². The van der Waals surface area contributed by atoms with Crippen molar-refractivity contribution in [2.24, 2.45) is 0 Å². The molecule has 1 aliphatic carbocycles. The highest BCUT2D eigenvalue weighted by Crippen LogP contribution is 2.27. The van der Waals surface area contributed by atoms with E-state index in [2.05, 4.69) is 0 Å². The topological polar surface area (TPSA) is 44.1 Å². The molecule has 0 aromatic heterocycles. The molecule has 1 aromatic rings. The van der Waals surface area contributed by atoms with Crippen LogP contribution in [0.1, 0.15) is 17.5 Å². The predicted octanol–water partition coefficient (Wildman–Crippen LogP) is 1.80. The van der Waals surface area contributed by atoms with Crippen LogP contribution in [0.4, 0.5) is 8.78 Å². The number of hydrogen-bond donors (Lipinski definition) is 0. The number of fused-ring (bicyclic) bond motifs is 1. The van der Waals surface area contributed by atoms with Crippen molar-refractivity contribution in [3.63, 3.8) is 0 Å². The molecule has 0 radical (unpaired) electrons. The first-order valence-corrected chi connectivity index (χ1v) is 5.70. The van der Waals surface area contributed by atoms with Gasteiger partial charge in [-0.05, 0) is 36.5 Å². The summed E-state index contributed by atoms with van der Waals surface area (Å²) >= 11 is 0. The van der Waals surface area contributed by atoms with Gasteiger partial charge in [0.15, 0.2) is 0 Å². The second-order valence-corrected chi connectivity index (χ2v) is 4.36. The molecule has 1 aromatic carbocycles. The first-order valence-electron chi connectivity index (χ1n) is 5.70. The van der Waals surface area contributed by atoms with E-state index >= 15 is 0 Å². The second kappa shape index (κ2) is 5.13. The molecule has 3 nitrogen and oxygen atoms in total. The average Bonchev–Trinajstić information content (AvgIpc) is 2.35. The average molecular weight is 250 g/mol. The summed E-state index contributed by atoms with van der Waals surface area (Å²) in [6.45, 7) is 0.00129. The van der Waals surface area contributed by atoms with Crippen molar-refractivity contribution in [2.75, 3.05) is 6.54 Å². The van der Waals surface area contributed by atoms with Gasteiger partial charge in [0.25, 0.3) is 0 Å². The Kier molecular flexibility index (Phi) is 3.56. The predicted molar refractivity (Wildman–Crippen MR) is 60.6 cm³/mol. The zero-order valence-corrected chi connectivity index (χ0v) is 9.70. The zero-order valence-electron chi connectivity index (χ0n) is 9.70. The number of rotatable bonds is 3. The van der Waals surface area contributed by atoms with Gasteiger partial charge in [0.2, 0.25) is 6.41 Å². The SMILES string of the molecule is N#CCN(C=O)C1CCc2c(F)cc(F)cc2C1. The van der Waals surface area contributed by atoms with Crippen molar-refractivity contribution >= 4 is 6.41 Å². The Morgan fingerprint density at radius 3 is 2.94 bits per heavy atom. The smallest absolute Gasteiger partial charge is 0.210 e. The van der Waals surface area contributed by atoms with Crippen LogP contribution in [0.3, 0.4) is 0 Å². The maximum Gasteiger partial charge on any atom is 0.210 e. The molecule has 1 atom stereocenters. The maximum absolute atomic E-state index is 13.5. The van der Waals surface area contributed by atoms with Crippen LogP contribution >= 0.6 is 0 Å². The molecule has 18 heavy (non-hydrogen) atoms. The molecule has 94 valence electrons. The van der Waals surface area contributed by atoms with Gasteiger partial charge < -0.3 is 4.90 Å². The summed E-state index contributed by atoms with van der Waals surface area (Å²) in [5.74, 6) is -1.13. The minimum absolute atomic E-state index is 0.00129. The lowest BCUT2D eigenvalue weighted by molar-refractivity contribution is -0.119. The standard InChI is InChI=1S/C13H12F2N2O/c14-10-5-9-6-11(17(8-18)4-3-16)1-2-12(9)13(15)7-10/h5,7-8,11H,1-2,4,6H2. The molecule has 1 amide bonds. The normalized spacial score (nSPS) is 17.7. The summed E-state index contributed by atoms with van der Waals surface area (Å²) in [5.41, 5.74) is 1.11. The highest BCUT2D eigenvalue weighted by Gasteiger charge is 2.25. The molecule has 0 fully saturated rings. The van der Waals surface area contributed by atoms with Crippen molar-refractivity contribution in [3.05, 3.63) is 34.9 Å². The van der Waals surface area contributed by atoms with Crippen LogP contribution in [0.5, 0.6) is 0 Å². The minimum atomic E-state index is -0.607. The minimum Gasteiger partial charge on any atom is -0.329 e. The fraction of sp³-hybridized carbons (Fsp3) is 0.385. The quantitative estimate of drug-likeness (QED) is 0.606. The van der Waals surface area contributed by atoms with E-state index in [4.69, 9.17) is 5.26 Å². The van der Waals surface area contributed by atoms with Gasteiger partial charge >= 0.3 is 0 Å². The van der Waals surface area contributed by atoms with E-state index in [0.717, 1.165) is 6.07 Å². The lowest BCUT2D eigenvalue weighted by Crippen LogP contribution is -2.38. The molecule has 5 heteroatoms. The summed E-state index contributed by atoms with van der Waals surface area (Å²) in [6.07, 6.45) is 2.07. The number of amides is 1. The number of benzene rings is 1. The van der Waals surface area contributed by atoms with Gasteiger partial charge in [-0.2, -0.15) is 5.26 Å². The third kappa shape index (κ3) is 2.33. The van der Waals surface area contributed by atoms with Crippen molar-refractivity contribution in [2.45, 2.75) is 25.3 Å².